The summed E-state index contributed by atoms with van der Waals surface area (Å²) >= 11 is 5.68. The van der Waals surface area contributed by atoms with E-state index in [0.29, 0.717) is 6.54 Å². The van der Waals surface area contributed by atoms with Gasteiger partial charge in [0, 0.05) is 6.54 Å². The van der Waals surface area contributed by atoms with Crippen LogP contribution in [-0.2, 0) is 0 Å². The SMILES string of the molecule is CCC1(CNc2cc(Cl)c(F)cc2[N+](=O)[O-])CCC1. The van der Waals surface area contributed by atoms with Crippen LogP contribution in [0.15, 0.2) is 12.1 Å². The molecule has 6 heteroatoms. The first-order valence-corrected chi connectivity index (χ1v) is 6.72. The van der Waals surface area contributed by atoms with Crippen molar-refractivity contribution >= 4 is 23.0 Å². The van der Waals surface area contributed by atoms with Gasteiger partial charge in [-0.3, -0.25) is 10.1 Å². The van der Waals surface area contributed by atoms with Gasteiger partial charge in [-0.05, 0) is 30.7 Å². The molecule has 0 radical (unpaired) electrons. The van der Waals surface area contributed by atoms with E-state index in [0.717, 1.165) is 25.3 Å². The first-order chi connectivity index (χ1) is 8.97. The maximum atomic E-state index is 13.3. The van der Waals surface area contributed by atoms with Crippen molar-refractivity contribution in [3.63, 3.8) is 0 Å². The summed E-state index contributed by atoms with van der Waals surface area (Å²) in [7, 11) is 0. The number of rotatable bonds is 5. The number of hydrogen-bond donors (Lipinski definition) is 1. The molecule has 0 unspecified atom stereocenters. The molecule has 0 heterocycles. The number of nitrogens with zero attached hydrogens (tertiary/aromatic N) is 1. The molecule has 104 valence electrons. The van der Waals surface area contributed by atoms with E-state index in [-0.39, 0.29) is 21.8 Å². The third-order valence-corrected chi connectivity index (χ3v) is 4.34. The zero-order valence-corrected chi connectivity index (χ0v) is 11.5. The fraction of sp³-hybridized carbons (Fsp3) is 0.538. The van der Waals surface area contributed by atoms with E-state index in [9.17, 15) is 14.5 Å². The molecule has 0 bridgehead atoms. The smallest absolute Gasteiger partial charge is 0.295 e. The highest BCUT2D eigenvalue weighted by Crippen LogP contribution is 2.44. The Morgan fingerprint density at radius 3 is 2.68 bits per heavy atom. The third-order valence-electron chi connectivity index (χ3n) is 4.05. The van der Waals surface area contributed by atoms with Gasteiger partial charge in [0.05, 0.1) is 16.0 Å². The quantitative estimate of drug-likeness (QED) is 0.645. The molecule has 1 N–H and O–H groups in total. The van der Waals surface area contributed by atoms with Crippen LogP contribution in [-0.4, -0.2) is 11.5 Å². The maximum absolute atomic E-state index is 13.3. The molecule has 1 aromatic rings. The van der Waals surface area contributed by atoms with E-state index in [1.54, 1.807) is 0 Å². The van der Waals surface area contributed by atoms with Gasteiger partial charge in [0.2, 0.25) is 0 Å². The molecule has 0 amide bonds. The molecule has 1 aliphatic rings. The molecular weight excluding hydrogens is 271 g/mol. The highest BCUT2D eigenvalue weighted by atomic mass is 35.5. The summed E-state index contributed by atoms with van der Waals surface area (Å²) < 4.78 is 13.3. The van der Waals surface area contributed by atoms with E-state index >= 15 is 0 Å². The molecule has 0 saturated heterocycles. The van der Waals surface area contributed by atoms with Gasteiger partial charge in [-0.25, -0.2) is 4.39 Å². The molecule has 0 spiro atoms. The zero-order chi connectivity index (χ0) is 14.0. The Morgan fingerprint density at radius 1 is 1.53 bits per heavy atom. The van der Waals surface area contributed by atoms with Crippen molar-refractivity contribution in [2.45, 2.75) is 32.6 Å². The molecule has 19 heavy (non-hydrogen) atoms. The molecule has 0 aromatic heterocycles. The first-order valence-electron chi connectivity index (χ1n) is 6.35. The molecule has 4 nitrogen and oxygen atoms in total. The Kier molecular flexibility index (Phi) is 3.94. The van der Waals surface area contributed by atoms with Crippen molar-refractivity contribution in [2.24, 2.45) is 5.41 Å². The number of nitro groups is 1. The predicted molar refractivity (Wildman–Crippen MR) is 73.1 cm³/mol. The highest BCUT2D eigenvalue weighted by Gasteiger charge is 2.35. The first kappa shape index (κ1) is 14.1. The zero-order valence-electron chi connectivity index (χ0n) is 10.7. The lowest BCUT2D eigenvalue weighted by molar-refractivity contribution is -0.384. The summed E-state index contributed by atoms with van der Waals surface area (Å²) in [6.45, 7) is 2.78. The molecule has 1 aromatic carbocycles. The van der Waals surface area contributed by atoms with Gasteiger partial charge >= 0.3 is 0 Å². The Bertz CT molecular complexity index is 498. The Balaban J connectivity index is 2.19. The molecule has 2 rings (SSSR count). The van der Waals surface area contributed by atoms with Crippen LogP contribution in [0.25, 0.3) is 0 Å². The van der Waals surface area contributed by atoms with E-state index in [4.69, 9.17) is 11.6 Å². The van der Waals surface area contributed by atoms with Crippen molar-refractivity contribution in [3.8, 4) is 0 Å². The summed E-state index contributed by atoms with van der Waals surface area (Å²) in [5.74, 6) is -0.771. The number of nitro benzene ring substituents is 1. The lowest BCUT2D eigenvalue weighted by atomic mass is 9.67. The fourth-order valence-corrected chi connectivity index (χ4v) is 2.61. The number of halogens is 2. The van der Waals surface area contributed by atoms with Crippen molar-refractivity contribution in [1.29, 1.82) is 0 Å². The Hall–Kier alpha value is -1.36. The average Bonchev–Trinajstić information content (AvgIpc) is 2.32. The number of anilines is 1. The minimum atomic E-state index is -0.771. The van der Waals surface area contributed by atoms with Gasteiger partial charge in [0.1, 0.15) is 11.5 Å². The summed E-state index contributed by atoms with van der Waals surface area (Å²) in [5, 5.41) is 13.9. The number of nitrogens with one attached hydrogen (secondary N) is 1. The standard InChI is InChI=1S/C13H16ClFN2O2/c1-2-13(4-3-5-13)8-16-11-6-9(14)10(15)7-12(11)17(18)19/h6-7,16H,2-5,8H2,1H3. The summed E-state index contributed by atoms with van der Waals surface area (Å²) in [6, 6.07) is 2.15. The summed E-state index contributed by atoms with van der Waals surface area (Å²) in [4.78, 5) is 10.3. The number of benzene rings is 1. The second-order valence-corrected chi connectivity index (χ2v) is 5.51. The van der Waals surface area contributed by atoms with E-state index in [1.165, 1.54) is 12.5 Å². The normalized spacial score (nSPS) is 16.8. The van der Waals surface area contributed by atoms with E-state index in [1.807, 2.05) is 0 Å². The van der Waals surface area contributed by atoms with Crippen molar-refractivity contribution in [1.82, 2.24) is 0 Å². The third kappa shape index (κ3) is 2.81. The fourth-order valence-electron chi connectivity index (χ4n) is 2.44. The predicted octanol–water partition coefficient (Wildman–Crippen LogP) is 4.38. The van der Waals surface area contributed by atoms with Crippen LogP contribution in [0.2, 0.25) is 5.02 Å². The van der Waals surface area contributed by atoms with Crippen LogP contribution in [0, 0.1) is 21.3 Å². The van der Waals surface area contributed by atoms with Gasteiger partial charge in [-0.2, -0.15) is 0 Å². The van der Waals surface area contributed by atoms with Crippen molar-refractivity contribution in [2.75, 3.05) is 11.9 Å². The van der Waals surface area contributed by atoms with Crippen LogP contribution in [0.3, 0.4) is 0 Å². The monoisotopic (exact) mass is 286 g/mol. The second kappa shape index (κ2) is 5.33. The summed E-state index contributed by atoms with van der Waals surface area (Å²) in [6.07, 6.45) is 4.48. The van der Waals surface area contributed by atoms with Crippen LogP contribution in [0.4, 0.5) is 15.8 Å². The lowest BCUT2D eigenvalue weighted by Crippen LogP contribution is -2.35. The van der Waals surface area contributed by atoms with Gasteiger partial charge in [0.15, 0.2) is 0 Å². The lowest BCUT2D eigenvalue weighted by Gasteiger charge is -2.41. The second-order valence-electron chi connectivity index (χ2n) is 5.10. The van der Waals surface area contributed by atoms with Gasteiger partial charge in [-0.15, -0.1) is 0 Å². The van der Waals surface area contributed by atoms with Crippen LogP contribution < -0.4 is 5.32 Å². The molecule has 0 atom stereocenters. The Morgan fingerprint density at radius 2 is 2.21 bits per heavy atom. The van der Waals surface area contributed by atoms with Crippen molar-refractivity contribution in [3.05, 3.63) is 33.1 Å². The largest absolute Gasteiger partial charge is 0.379 e. The molecule has 1 aliphatic carbocycles. The molecule has 0 aliphatic heterocycles. The van der Waals surface area contributed by atoms with Gasteiger partial charge < -0.3 is 5.32 Å². The van der Waals surface area contributed by atoms with Gasteiger partial charge in [-0.1, -0.05) is 24.9 Å². The van der Waals surface area contributed by atoms with Crippen LogP contribution in [0.5, 0.6) is 0 Å². The minimum Gasteiger partial charge on any atom is -0.379 e. The topological polar surface area (TPSA) is 55.2 Å². The van der Waals surface area contributed by atoms with Crippen LogP contribution >= 0.6 is 11.6 Å². The molecular formula is C13H16ClFN2O2. The van der Waals surface area contributed by atoms with Crippen LogP contribution in [0.1, 0.15) is 32.6 Å². The minimum absolute atomic E-state index is 0.104. The van der Waals surface area contributed by atoms with E-state index in [2.05, 4.69) is 12.2 Å². The highest BCUT2D eigenvalue weighted by molar-refractivity contribution is 6.31. The van der Waals surface area contributed by atoms with Gasteiger partial charge in [0.25, 0.3) is 5.69 Å². The molecule has 1 saturated carbocycles. The average molecular weight is 287 g/mol. The Labute approximate surface area is 116 Å². The number of hydrogen-bond acceptors (Lipinski definition) is 3. The maximum Gasteiger partial charge on any atom is 0.295 e. The summed E-state index contributed by atoms with van der Waals surface area (Å²) in [5.41, 5.74) is 0.234. The van der Waals surface area contributed by atoms with E-state index < -0.39 is 10.7 Å². The molecule has 1 fully saturated rings. The van der Waals surface area contributed by atoms with Crippen molar-refractivity contribution < 1.29 is 9.31 Å².